The van der Waals surface area contributed by atoms with Crippen molar-refractivity contribution in [2.45, 2.75) is 18.9 Å². The first-order chi connectivity index (χ1) is 9.06. The Morgan fingerprint density at radius 3 is 2.68 bits per heavy atom. The lowest BCUT2D eigenvalue weighted by atomic mass is 10.1. The molecule has 1 unspecified atom stereocenters. The highest BCUT2D eigenvalue weighted by Gasteiger charge is 2.22. The van der Waals surface area contributed by atoms with Crippen LogP contribution >= 0.6 is 0 Å². The number of likely N-dealkylation sites (N-methyl/N-ethyl adjacent to an activating group) is 2. The summed E-state index contributed by atoms with van der Waals surface area (Å²) >= 11 is 0. The molecular formula is C15H22N2O2. The molecule has 1 N–H and O–H groups in total. The van der Waals surface area contributed by atoms with E-state index in [0.29, 0.717) is 18.2 Å². The maximum atomic E-state index is 12.1. The van der Waals surface area contributed by atoms with Crippen LogP contribution in [-0.4, -0.2) is 60.5 Å². The van der Waals surface area contributed by atoms with Crippen LogP contribution < -0.4 is 0 Å². The second-order valence-corrected chi connectivity index (χ2v) is 5.44. The summed E-state index contributed by atoms with van der Waals surface area (Å²) < 4.78 is 0. The molecular weight excluding hydrogens is 240 g/mol. The summed E-state index contributed by atoms with van der Waals surface area (Å²) in [6.45, 7) is 2.51. The highest BCUT2D eigenvalue weighted by molar-refractivity contribution is 5.97. The Bertz CT molecular complexity index is 430. The zero-order valence-corrected chi connectivity index (χ0v) is 11.7. The topological polar surface area (TPSA) is 43.8 Å². The molecule has 0 radical (unpaired) electrons. The van der Waals surface area contributed by atoms with Crippen molar-refractivity contribution in [3.8, 4) is 5.75 Å². The largest absolute Gasteiger partial charge is 0.508 e. The number of hydrogen-bond acceptors (Lipinski definition) is 4. The molecule has 0 aromatic heterocycles. The van der Waals surface area contributed by atoms with Gasteiger partial charge in [-0.2, -0.15) is 0 Å². The normalized spacial score (nSPS) is 20.1. The third kappa shape index (κ3) is 3.78. The lowest BCUT2D eigenvalue weighted by Crippen LogP contribution is -2.38. The van der Waals surface area contributed by atoms with E-state index in [-0.39, 0.29) is 11.5 Å². The summed E-state index contributed by atoms with van der Waals surface area (Å²) in [4.78, 5) is 16.5. The summed E-state index contributed by atoms with van der Waals surface area (Å²) in [6.07, 6.45) is 2.47. The Kier molecular flexibility index (Phi) is 4.56. The van der Waals surface area contributed by atoms with Crippen molar-refractivity contribution in [1.29, 1.82) is 0 Å². The molecule has 1 saturated heterocycles. The third-order valence-corrected chi connectivity index (χ3v) is 3.80. The molecule has 0 saturated carbocycles. The first-order valence-electron chi connectivity index (χ1n) is 6.77. The Morgan fingerprint density at radius 2 is 2.11 bits per heavy atom. The van der Waals surface area contributed by atoms with Gasteiger partial charge in [0, 0.05) is 18.2 Å². The average Bonchev–Trinajstić information content (AvgIpc) is 2.75. The molecule has 2 rings (SSSR count). The molecule has 0 amide bonds. The minimum absolute atomic E-state index is 0.100. The van der Waals surface area contributed by atoms with Gasteiger partial charge in [0.15, 0.2) is 5.78 Å². The molecule has 1 aromatic rings. The van der Waals surface area contributed by atoms with Crippen LogP contribution in [0.2, 0.25) is 0 Å². The van der Waals surface area contributed by atoms with Crippen LogP contribution in [0.15, 0.2) is 24.3 Å². The number of ketones is 1. The molecule has 19 heavy (non-hydrogen) atoms. The highest BCUT2D eigenvalue weighted by atomic mass is 16.3. The molecule has 1 aliphatic rings. The van der Waals surface area contributed by atoms with E-state index in [4.69, 9.17) is 0 Å². The van der Waals surface area contributed by atoms with E-state index in [9.17, 15) is 9.90 Å². The lowest BCUT2D eigenvalue weighted by molar-refractivity contribution is 0.0932. The fourth-order valence-corrected chi connectivity index (χ4v) is 2.62. The second kappa shape index (κ2) is 6.17. The van der Waals surface area contributed by atoms with Crippen molar-refractivity contribution in [1.82, 2.24) is 9.80 Å². The summed E-state index contributed by atoms with van der Waals surface area (Å²) in [5.74, 6) is 0.292. The quantitative estimate of drug-likeness (QED) is 0.819. The van der Waals surface area contributed by atoms with E-state index in [1.807, 2.05) is 7.05 Å². The molecule has 1 atom stereocenters. The lowest BCUT2D eigenvalue weighted by Gasteiger charge is -2.25. The van der Waals surface area contributed by atoms with Crippen LogP contribution in [0.5, 0.6) is 5.75 Å². The summed E-state index contributed by atoms with van der Waals surface area (Å²) in [6, 6.07) is 7.02. The van der Waals surface area contributed by atoms with Gasteiger partial charge in [-0.3, -0.25) is 9.69 Å². The molecule has 0 aliphatic carbocycles. The molecule has 1 aromatic carbocycles. The molecule has 0 bridgehead atoms. The summed E-state index contributed by atoms with van der Waals surface area (Å²) in [5, 5.41) is 9.21. The number of hydrogen-bond donors (Lipinski definition) is 1. The van der Waals surface area contributed by atoms with Gasteiger partial charge in [0.25, 0.3) is 0 Å². The van der Waals surface area contributed by atoms with Gasteiger partial charge in [0.1, 0.15) is 5.75 Å². The molecule has 1 heterocycles. The monoisotopic (exact) mass is 262 g/mol. The van der Waals surface area contributed by atoms with E-state index in [0.717, 1.165) is 13.1 Å². The van der Waals surface area contributed by atoms with E-state index in [1.54, 1.807) is 24.3 Å². The number of phenolic OH excluding ortho intramolecular Hbond substituents is 1. The van der Waals surface area contributed by atoms with Crippen LogP contribution in [0, 0.1) is 0 Å². The first-order valence-corrected chi connectivity index (χ1v) is 6.77. The van der Waals surface area contributed by atoms with Crippen LogP contribution in [0.25, 0.3) is 0 Å². The van der Waals surface area contributed by atoms with Crippen molar-refractivity contribution in [3.05, 3.63) is 29.8 Å². The van der Waals surface area contributed by atoms with E-state index >= 15 is 0 Å². The average molecular weight is 262 g/mol. The predicted octanol–water partition coefficient (Wildman–Crippen LogP) is 1.60. The van der Waals surface area contributed by atoms with Crippen molar-refractivity contribution in [3.63, 3.8) is 0 Å². The zero-order chi connectivity index (χ0) is 13.8. The van der Waals surface area contributed by atoms with Gasteiger partial charge in [-0.1, -0.05) is 0 Å². The first kappa shape index (κ1) is 14.0. The van der Waals surface area contributed by atoms with E-state index < -0.39 is 0 Å². The van der Waals surface area contributed by atoms with Gasteiger partial charge >= 0.3 is 0 Å². The van der Waals surface area contributed by atoms with Gasteiger partial charge in [0.2, 0.25) is 0 Å². The zero-order valence-electron chi connectivity index (χ0n) is 11.7. The van der Waals surface area contributed by atoms with Crippen LogP contribution in [-0.2, 0) is 0 Å². The van der Waals surface area contributed by atoms with Crippen molar-refractivity contribution in [2.75, 3.05) is 33.7 Å². The molecule has 0 spiro atoms. The van der Waals surface area contributed by atoms with Gasteiger partial charge in [-0.25, -0.2) is 0 Å². The number of aromatic hydroxyl groups is 1. The summed E-state index contributed by atoms with van der Waals surface area (Å²) in [5.41, 5.74) is 0.657. The summed E-state index contributed by atoms with van der Waals surface area (Å²) in [7, 11) is 4.14. The van der Waals surface area contributed by atoms with E-state index in [2.05, 4.69) is 16.8 Å². The van der Waals surface area contributed by atoms with Crippen molar-refractivity contribution < 1.29 is 9.90 Å². The molecule has 4 nitrogen and oxygen atoms in total. The van der Waals surface area contributed by atoms with Crippen molar-refractivity contribution >= 4 is 5.78 Å². The number of likely N-dealkylation sites (tertiary alicyclic amines) is 1. The number of carbonyl (C=O) groups excluding carboxylic acids is 1. The fraction of sp³-hybridized carbons (Fsp3) is 0.533. The molecule has 104 valence electrons. The smallest absolute Gasteiger partial charge is 0.176 e. The van der Waals surface area contributed by atoms with Gasteiger partial charge in [-0.15, -0.1) is 0 Å². The SMILES string of the molecule is CN(CC(=O)c1ccc(O)cc1)CC1CCCN1C. The highest BCUT2D eigenvalue weighted by Crippen LogP contribution is 2.16. The molecule has 4 heteroatoms. The second-order valence-electron chi connectivity index (χ2n) is 5.44. The maximum absolute atomic E-state index is 12.1. The third-order valence-electron chi connectivity index (χ3n) is 3.80. The Hall–Kier alpha value is -1.39. The van der Waals surface area contributed by atoms with Crippen LogP contribution in [0.3, 0.4) is 0 Å². The molecule has 1 aliphatic heterocycles. The van der Waals surface area contributed by atoms with Gasteiger partial charge < -0.3 is 10.0 Å². The Labute approximate surface area is 114 Å². The van der Waals surface area contributed by atoms with Crippen molar-refractivity contribution in [2.24, 2.45) is 0 Å². The maximum Gasteiger partial charge on any atom is 0.176 e. The van der Waals surface area contributed by atoms with E-state index in [1.165, 1.54) is 12.8 Å². The number of benzene rings is 1. The number of rotatable bonds is 5. The fourth-order valence-electron chi connectivity index (χ4n) is 2.62. The number of nitrogens with zero attached hydrogens (tertiary/aromatic N) is 2. The minimum atomic E-state index is 0.100. The standard InChI is InChI=1S/C15H22N2O2/c1-16(10-13-4-3-9-17(13)2)11-15(19)12-5-7-14(18)8-6-12/h5-8,13,18H,3-4,9-11H2,1-2H3. The van der Waals surface area contributed by atoms with Crippen LogP contribution in [0.1, 0.15) is 23.2 Å². The number of phenols is 1. The Balaban J connectivity index is 1.86. The number of Topliss-reactive ketones (excluding diaryl/α,β-unsaturated/α-hetero) is 1. The predicted molar refractivity (Wildman–Crippen MR) is 75.6 cm³/mol. The Morgan fingerprint density at radius 1 is 1.42 bits per heavy atom. The molecule has 1 fully saturated rings. The van der Waals surface area contributed by atoms with Gasteiger partial charge in [-0.05, 0) is 57.7 Å². The number of carbonyl (C=O) groups is 1. The van der Waals surface area contributed by atoms with Crippen LogP contribution in [0.4, 0.5) is 0 Å². The van der Waals surface area contributed by atoms with Gasteiger partial charge in [0.05, 0.1) is 6.54 Å². The minimum Gasteiger partial charge on any atom is -0.508 e.